The van der Waals surface area contributed by atoms with Crippen LogP contribution in [0.3, 0.4) is 0 Å². The third-order valence-electron chi connectivity index (χ3n) is 1.48. The number of thiophene rings is 1. The molecule has 0 saturated heterocycles. The molecule has 0 fully saturated rings. The van der Waals surface area contributed by atoms with Crippen LogP contribution in [0.25, 0.3) is 0 Å². The van der Waals surface area contributed by atoms with Crippen molar-refractivity contribution in [2.75, 3.05) is 0 Å². The van der Waals surface area contributed by atoms with Crippen LogP contribution in [0.2, 0.25) is 0 Å². The minimum atomic E-state index is 0.356. The highest BCUT2D eigenvalue weighted by Gasteiger charge is 2.01. The predicted molar refractivity (Wildman–Crippen MR) is 47.9 cm³/mol. The van der Waals surface area contributed by atoms with E-state index in [1.165, 1.54) is 4.88 Å². The fourth-order valence-electron chi connectivity index (χ4n) is 0.975. The Hall–Kier alpha value is -0.630. The monoisotopic (exact) mass is 168 g/mol. The maximum Gasteiger partial charge on any atom is 0.138 e. The van der Waals surface area contributed by atoms with Gasteiger partial charge in [0.25, 0.3) is 0 Å². The molecule has 60 valence electrons. The first-order valence-electron chi connectivity index (χ1n) is 3.87. The summed E-state index contributed by atoms with van der Waals surface area (Å²) in [7, 11) is 0. The lowest BCUT2D eigenvalue weighted by Crippen LogP contribution is -1.99. The molecular weight excluding hydrogens is 156 g/mol. The van der Waals surface area contributed by atoms with Crippen LogP contribution in [0.5, 0.6) is 0 Å². The van der Waals surface area contributed by atoms with Gasteiger partial charge in [-0.25, -0.2) is 0 Å². The average Bonchev–Trinajstić information content (AvgIpc) is 2.40. The van der Waals surface area contributed by atoms with Crippen molar-refractivity contribution >= 4 is 17.1 Å². The maximum atomic E-state index is 11.1. The fraction of sp³-hybridized carbons (Fsp3) is 0.444. The lowest BCUT2D eigenvalue weighted by Gasteiger charge is -1.93. The Kier molecular flexibility index (Phi) is 3.30. The zero-order valence-electron chi connectivity index (χ0n) is 6.67. The van der Waals surface area contributed by atoms with E-state index in [9.17, 15) is 4.79 Å². The Balaban J connectivity index is 2.37. The Morgan fingerprint density at radius 1 is 1.64 bits per heavy atom. The minimum absolute atomic E-state index is 0.356. The van der Waals surface area contributed by atoms with Crippen molar-refractivity contribution < 1.29 is 4.79 Å². The Bertz CT molecular complexity index is 213. The molecule has 1 heterocycles. The zero-order valence-corrected chi connectivity index (χ0v) is 7.49. The van der Waals surface area contributed by atoms with Gasteiger partial charge in [0.1, 0.15) is 5.78 Å². The molecule has 0 spiro atoms. The summed E-state index contributed by atoms with van der Waals surface area (Å²) in [5.41, 5.74) is 0. The van der Waals surface area contributed by atoms with Crippen molar-refractivity contribution in [2.45, 2.75) is 26.2 Å². The molecule has 0 amide bonds. The molecule has 11 heavy (non-hydrogen) atoms. The van der Waals surface area contributed by atoms with Gasteiger partial charge in [-0.15, -0.1) is 11.3 Å². The second kappa shape index (κ2) is 4.29. The van der Waals surface area contributed by atoms with Crippen LogP contribution in [0, 0.1) is 0 Å². The summed E-state index contributed by atoms with van der Waals surface area (Å²) < 4.78 is 0. The van der Waals surface area contributed by atoms with Crippen LogP contribution in [-0.4, -0.2) is 5.78 Å². The van der Waals surface area contributed by atoms with E-state index < -0.39 is 0 Å². The predicted octanol–water partition coefficient (Wildman–Crippen LogP) is 2.66. The molecule has 0 atom stereocenters. The van der Waals surface area contributed by atoms with Gasteiger partial charge in [-0.1, -0.05) is 13.0 Å². The zero-order chi connectivity index (χ0) is 8.10. The smallest absolute Gasteiger partial charge is 0.138 e. The van der Waals surface area contributed by atoms with Gasteiger partial charge in [-0.2, -0.15) is 0 Å². The van der Waals surface area contributed by atoms with Gasteiger partial charge < -0.3 is 0 Å². The van der Waals surface area contributed by atoms with Gasteiger partial charge in [0.15, 0.2) is 0 Å². The average molecular weight is 168 g/mol. The van der Waals surface area contributed by atoms with Gasteiger partial charge in [0.2, 0.25) is 0 Å². The molecule has 0 unspecified atom stereocenters. The molecule has 1 aromatic heterocycles. The van der Waals surface area contributed by atoms with Crippen LogP contribution < -0.4 is 0 Å². The highest BCUT2D eigenvalue weighted by Crippen LogP contribution is 2.10. The summed E-state index contributed by atoms with van der Waals surface area (Å²) >= 11 is 1.66. The van der Waals surface area contributed by atoms with Crippen molar-refractivity contribution in [2.24, 2.45) is 0 Å². The number of Topliss-reactive ketones (excluding diaryl/α,β-unsaturated/α-hetero) is 1. The lowest BCUT2D eigenvalue weighted by atomic mass is 10.1. The van der Waals surface area contributed by atoms with Crippen molar-refractivity contribution in [3.63, 3.8) is 0 Å². The van der Waals surface area contributed by atoms with E-state index in [0.717, 1.165) is 12.8 Å². The lowest BCUT2D eigenvalue weighted by molar-refractivity contribution is -0.118. The molecular formula is C9H12OS. The molecule has 0 aliphatic rings. The van der Waals surface area contributed by atoms with Crippen molar-refractivity contribution in [3.05, 3.63) is 22.4 Å². The first-order chi connectivity index (χ1) is 5.33. The Labute approximate surface area is 71.1 Å². The first kappa shape index (κ1) is 8.47. The summed E-state index contributed by atoms with van der Waals surface area (Å²) in [5, 5.41) is 2.01. The Morgan fingerprint density at radius 3 is 3.00 bits per heavy atom. The SMILES string of the molecule is CCCC(=O)Cc1cccs1. The third-order valence-corrected chi connectivity index (χ3v) is 2.36. The van der Waals surface area contributed by atoms with Crippen LogP contribution in [0.4, 0.5) is 0 Å². The molecule has 0 aliphatic heterocycles. The Morgan fingerprint density at radius 2 is 2.45 bits per heavy atom. The van der Waals surface area contributed by atoms with E-state index in [1.54, 1.807) is 11.3 Å². The summed E-state index contributed by atoms with van der Waals surface area (Å²) in [5.74, 6) is 0.356. The maximum absolute atomic E-state index is 11.1. The van der Waals surface area contributed by atoms with Crippen LogP contribution in [0.1, 0.15) is 24.6 Å². The molecule has 2 heteroatoms. The molecule has 0 bridgehead atoms. The summed E-state index contributed by atoms with van der Waals surface area (Å²) in [4.78, 5) is 12.3. The first-order valence-corrected chi connectivity index (χ1v) is 4.75. The molecule has 0 radical (unpaired) electrons. The van der Waals surface area contributed by atoms with E-state index in [0.29, 0.717) is 12.2 Å². The van der Waals surface area contributed by atoms with Crippen molar-refractivity contribution in [3.8, 4) is 0 Å². The second-order valence-corrected chi connectivity index (χ2v) is 3.58. The molecule has 1 aromatic rings. The standard InChI is InChI=1S/C9H12OS/c1-2-4-8(10)7-9-5-3-6-11-9/h3,5-6H,2,4,7H2,1H3. The quantitative estimate of drug-likeness (QED) is 0.675. The van der Waals surface area contributed by atoms with Crippen LogP contribution >= 0.6 is 11.3 Å². The molecule has 0 aliphatic carbocycles. The highest BCUT2D eigenvalue weighted by molar-refractivity contribution is 7.10. The number of rotatable bonds is 4. The molecule has 1 nitrogen and oxygen atoms in total. The molecule has 1 rings (SSSR count). The van der Waals surface area contributed by atoms with E-state index in [1.807, 2.05) is 24.4 Å². The van der Waals surface area contributed by atoms with Gasteiger partial charge in [-0.05, 0) is 17.9 Å². The molecule has 0 saturated carbocycles. The summed E-state index contributed by atoms with van der Waals surface area (Å²) in [6.07, 6.45) is 2.31. The van der Waals surface area contributed by atoms with E-state index >= 15 is 0 Å². The van der Waals surface area contributed by atoms with Crippen molar-refractivity contribution in [1.29, 1.82) is 0 Å². The second-order valence-electron chi connectivity index (χ2n) is 2.54. The summed E-state index contributed by atoms with van der Waals surface area (Å²) in [6, 6.07) is 4.00. The highest BCUT2D eigenvalue weighted by atomic mass is 32.1. The summed E-state index contributed by atoms with van der Waals surface area (Å²) in [6.45, 7) is 2.03. The van der Waals surface area contributed by atoms with Crippen molar-refractivity contribution in [1.82, 2.24) is 0 Å². The number of hydrogen-bond donors (Lipinski definition) is 0. The molecule has 0 N–H and O–H groups in total. The van der Waals surface area contributed by atoms with Gasteiger partial charge in [0.05, 0.1) is 0 Å². The molecule has 0 aromatic carbocycles. The number of carbonyl (C=O) groups is 1. The van der Waals surface area contributed by atoms with E-state index in [-0.39, 0.29) is 0 Å². The van der Waals surface area contributed by atoms with E-state index in [4.69, 9.17) is 0 Å². The van der Waals surface area contributed by atoms with E-state index in [2.05, 4.69) is 0 Å². The van der Waals surface area contributed by atoms with Gasteiger partial charge in [0, 0.05) is 17.7 Å². The topological polar surface area (TPSA) is 17.1 Å². The fourth-order valence-corrected chi connectivity index (χ4v) is 1.71. The van der Waals surface area contributed by atoms with Gasteiger partial charge >= 0.3 is 0 Å². The number of hydrogen-bond acceptors (Lipinski definition) is 2. The number of ketones is 1. The third kappa shape index (κ3) is 2.85. The normalized spacial score (nSPS) is 9.91. The number of carbonyl (C=O) groups excluding carboxylic acids is 1. The van der Waals surface area contributed by atoms with Crippen LogP contribution in [0.15, 0.2) is 17.5 Å². The van der Waals surface area contributed by atoms with Crippen LogP contribution in [-0.2, 0) is 11.2 Å². The largest absolute Gasteiger partial charge is 0.299 e. The van der Waals surface area contributed by atoms with Gasteiger partial charge in [-0.3, -0.25) is 4.79 Å². The minimum Gasteiger partial charge on any atom is -0.299 e.